The van der Waals surface area contributed by atoms with Crippen LogP contribution in [0.5, 0.6) is 0 Å². The maximum Gasteiger partial charge on any atom is 0.230 e. The Balaban J connectivity index is 1.40. The summed E-state index contributed by atoms with van der Waals surface area (Å²) in [7, 11) is 0. The summed E-state index contributed by atoms with van der Waals surface area (Å²) in [5, 5.41) is 13.0. The number of thioether (sulfide) groups is 1. The fourth-order valence-corrected chi connectivity index (χ4v) is 4.30. The van der Waals surface area contributed by atoms with Gasteiger partial charge in [-0.15, -0.1) is 10.2 Å². The Morgan fingerprint density at radius 2 is 2.00 bits per heavy atom. The van der Waals surface area contributed by atoms with Gasteiger partial charge in [0, 0.05) is 11.9 Å². The molecule has 0 aliphatic rings. The smallest absolute Gasteiger partial charge is 0.230 e. The zero-order chi connectivity index (χ0) is 21.9. The molecule has 0 unspecified atom stereocenters. The lowest BCUT2D eigenvalue weighted by Crippen LogP contribution is -2.24. The number of carbonyl (C=O) groups is 1. The van der Waals surface area contributed by atoms with Gasteiger partial charge < -0.3 is 14.3 Å². The Labute approximate surface area is 188 Å². The van der Waals surface area contributed by atoms with E-state index < -0.39 is 0 Å². The van der Waals surface area contributed by atoms with Gasteiger partial charge in [0.1, 0.15) is 11.3 Å². The van der Waals surface area contributed by atoms with Crippen LogP contribution in [0.15, 0.2) is 76.5 Å². The summed E-state index contributed by atoms with van der Waals surface area (Å²) in [6.07, 6.45) is 1.58. The molecule has 5 aromatic rings. The molecule has 8 heteroatoms. The first kappa shape index (κ1) is 20.3. The molecule has 2 aromatic carbocycles. The third-order valence-corrected chi connectivity index (χ3v) is 5.99. The number of aryl methyl sites for hydroxylation is 1. The Bertz CT molecular complexity index is 1390. The van der Waals surface area contributed by atoms with Crippen molar-refractivity contribution in [1.82, 2.24) is 25.1 Å². The monoisotopic (exact) mass is 443 g/mol. The van der Waals surface area contributed by atoms with E-state index in [4.69, 9.17) is 9.40 Å². The molecular weight excluding hydrogens is 422 g/mol. The van der Waals surface area contributed by atoms with Gasteiger partial charge in [0.05, 0.1) is 24.1 Å². The van der Waals surface area contributed by atoms with Crippen LogP contribution in [-0.4, -0.2) is 31.4 Å². The van der Waals surface area contributed by atoms with Crippen LogP contribution in [0.1, 0.15) is 16.9 Å². The number of para-hydroxylation sites is 1. The Morgan fingerprint density at radius 3 is 2.84 bits per heavy atom. The van der Waals surface area contributed by atoms with Crippen LogP contribution < -0.4 is 5.32 Å². The number of fused-ring (bicyclic) bond motifs is 3. The van der Waals surface area contributed by atoms with Crippen molar-refractivity contribution < 1.29 is 9.21 Å². The molecule has 0 fully saturated rings. The number of hydrogen-bond donors (Lipinski definition) is 1. The van der Waals surface area contributed by atoms with Crippen molar-refractivity contribution in [2.75, 3.05) is 5.75 Å². The van der Waals surface area contributed by atoms with Gasteiger partial charge in [-0.3, -0.25) is 4.79 Å². The maximum atomic E-state index is 12.2. The van der Waals surface area contributed by atoms with Crippen molar-refractivity contribution in [2.45, 2.75) is 25.2 Å². The van der Waals surface area contributed by atoms with Gasteiger partial charge in [0.25, 0.3) is 0 Å². The number of aromatic nitrogens is 4. The van der Waals surface area contributed by atoms with Crippen LogP contribution in [0.4, 0.5) is 0 Å². The lowest BCUT2D eigenvalue weighted by molar-refractivity contribution is -0.118. The maximum absolute atomic E-state index is 12.2. The van der Waals surface area contributed by atoms with Crippen LogP contribution in [0, 0.1) is 6.92 Å². The van der Waals surface area contributed by atoms with Gasteiger partial charge in [0.2, 0.25) is 11.1 Å². The highest BCUT2D eigenvalue weighted by Gasteiger charge is 2.16. The number of nitrogens with one attached hydrogen (secondary N) is 1. The second-order valence-electron chi connectivity index (χ2n) is 7.50. The fourth-order valence-electron chi connectivity index (χ4n) is 3.68. The predicted molar refractivity (Wildman–Crippen MR) is 124 cm³/mol. The zero-order valence-electron chi connectivity index (χ0n) is 17.5. The minimum atomic E-state index is -0.115. The van der Waals surface area contributed by atoms with E-state index >= 15 is 0 Å². The molecule has 5 rings (SSSR count). The van der Waals surface area contributed by atoms with Gasteiger partial charge in [-0.2, -0.15) is 0 Å². The lowest BCUT2D eigenvalue weighted by Gasteiger charge is -2.08. The van der Waals surface area contributed by atoms with Crippen molar-refractivity contribution in [3.05, 3.63) is 83.8 Å². The number of benzene rings is 2. The molecule has 0 aliphatic heterocycles. The zero-order valence-corrected chi connectivity index (χ0v) is 18.3. The summed E-state index contributed by atoms with van der Waals surface area (Å²) < 4.78 is 7.40. The van der Waals surface area contributed by atoms with E-state index in [1.807, 2.05) is 24.3 Å². The topological polar surface area (TPSA) is 85.8 Å². The summed E-state index contributed by atoms with van der Waals surface area (Å²) >= 11 is 1.27. The number of rotatable bonds is 7. The second kappa shape index (κ2) is 8.84. The normalized spacial score (nSPS) is 11.3. The molecule has 32 heavy (non-hydrogen) atoms. The second-order valence-corrected chi connectivity index (χ2v) is 8.45. The van der Waals surface area contributed by atoms with Crippen molar-refractivity contribution >= 4 is 39.7 Å². The van der Waals surface area contributed by atoms with Crippen LogP contribution in [-0.2, 0) is 17.9 Å². The molecule has 3 heterocycles. The number of furan rings is 1. The SMILES string of the molecule is Cc1cccc(Cn2c3ccccc3c3nnc(SCC(=O)NCc4ccco4)nc32)c1. The summed E-state index contributed by atoms with van der Waals surface area (Å²) in [5.74, 6) is 0.796. The number of carbonyl (C=O) groups excluding carboxylic acids is 1. The van der Waals surface area contributed by atoms with E-state index in [0.29, 0.717) is 24.0 Å². The third-order valence-electron chi connectivity index (χ3n) is 5.15. The lowest BCUT2D eigenvalue weighted by atomic mass is 10.1. The molecule has 0 atom stereocenters. The summed E-state index contributed by atoms with van der Waals surface area (Å²) in [4.78, 5) is 17.0. The third kappa shape index (κ3) is 4.22. The first-order valence-corrected chi connectivity index (χ1v) is 11.2. The Kier molecular flexibility index (Phi) is 5.60. The van der Waals surface area contributed by atoms with Gasteiger partial charge >= 0.3 is 0 Å². The molecule has 0 bridgehead atoms. The minimum Gasteiger partial charge on any atom is -0.467 e. The highest BCUT2D eigenvalue weighted by Crippen LogP contribution is 2.28. The summed E-state index contributed by atoms with van der Waals surface area (Å²) in [6, 6.07) is 20.2. The quantitative estimate of drug-likeness (QED) is 0.377. The molecule has 0 saturated carbocycles. The van der Waals surface area contributed by atoms with Gasteiger partial charge in [-0.1, -0.05) is 59.8 Å². The molecule has 1 amide bonds. The Morgan fingerprint density at radius 1 is 1.09 bits per heavy atom. The number of nitrogens with zero attached hydrogens (tertiary/aromatic N) is 4. The first-order chi connectivity index (χ1) is 15.7. The van der Waals surface area contributed by atoms with Crippen LogP contribution in [0.2, 0.25) is 0 Å². The highest BCUT2D eigenvalue weighted by molar-refractivity contribution is 7.99. The van der Waals surface area contributed by atoms with Crippen molar-refractivity contribution in [3.8, 4) is 0 Å². The molecule has 1 N–H and O–H groups in total. The highest BCUT2D eigenvalue weighted by atomic mass is 32.2. The standard InChI is InChI=1S/C24H21N5O2S/c1-16-6-4-7-17(12-16)14-29-20-10-3-2-9-19(20)22-23(29)26-24(28-27-22)32-15-21(30)25-13-18-8-5-11-31-18/h2-12H,13-15H2,1H3,(H,25,30). The molecular formula is C24H21N5O2S. The molecule has 160 valence electrons. The van der Waals surface area contributed by atoms with Crippen molar-refractivity contribution in [2.24, 2.45) is 0 Å². The van der Waals surface area contributed by atoms with Crippen LogP contribution >= 0.6 is 11.8 Å². The molecule has 0 radical (unpaired) electrons. The van der Waals surface area contributed by atoms with E-state index in [0.717, 1.165) is 22.1 Å². The van der Waals surface area contributed by atoms with Gasteiger partial charge in [-0.25, -0.2) is 4.98 Å². The fraction of sp³-hybridized carbons (Fsp3) is 0.167. The molecule has 0 spiro atoms. The summed E-state index contributed by atoms with van der Waals surface area (Å²) in [6.45, 7) is 3.12. The number of amides is 1. The summed E-state index contributed by atoms with van der Waals surface area (Å²) in [5.41, 5.74) is 5.00. The van der Waals surface area contributed by atoms with Crippen molar-refractivity contribution in [3.63, 3.8) is 0 Å². The number of hydrogen-bond acceptors (Lipinski definition) is 6. The average molecular weight is 444 g/mol. The first-order valence-electron chi connectivity index (χ1n) is 10.3. The molecule has 3 aromatic heterocycles. The van der Waals surface area contributed by atoms with E-state index in [1.165, 1.54) is 22.9 Å². The largest absolute Gasteiger partial charge is 0.467 e. The van der Waals surface area contributed by atoms with Gasteiger partial charge in [0.15, 0.2) is 5.65 Å². The van der Waals surface area contributed by atoms with Crippen LogP contribution in [0.25, 0.3) is 22.1 Å². The Hall–Kier alpha value is -3.65. The van der Waals surface area contributed by atoms with E-state index in [9.17, 15) is 4.79 Å². The van der Waals surface area contributed by atoms with E-state index in [1.54, 1.807) is 12.3 Å². The van der Waals surface area contributed by atoms with Crippen molar-refractivity contribution in [1.29, 1.82) is 0 Å². The molecule has 7 nitrogen and oxygen atoms in total. The molecule has 0 aliphatic carbocycles. The van der Waals surface area contributed by atoms with Gasteiger partial charge in [-0.05, 0) is 30.7 Å². The van der Waals surface area contributed by atoms with E-state index in [2.05, 4.69) is 57.3 Å². The molecule has 0 saturated heterocycles. The predicted octanol–water partition coefficient (Wildman–Crippen LogP) is 4.34. The van der Waals surface area contributed by atoms with E-state index in [-0.39, 0.29) is 11.7 Å². The minimum absolute atomic E-state index is 0.115. The average Bonchev–Trinajstić information content (AvgIpc) is 3.43. The van der Waals surface area contributed by atoms with Crippen LogP contribution in [0.3, 0.4) is 0 Å².